The number of amides is 2. The van der Waals surface area contributed by atoms with E-state index in [4.69, 9.17) is 9.15 Å². The molecule has 2 N–H and O–H groups in total. The molecule has 0 radical (unpaired) electrons. The number of carbonyl (C=O) groups excluding carboxylic acids is 2. The predicted molar refractivity (Wildman–Crippen MR) is 108 cm³/mol. The maximum Gasteiger partial charge on any atom is 0.291 e. The van der Waals surface area contributed by atoms with E-state index in [1.54, 1.807) is 24.3 Å². The normalized spacial score (nSPS) is 14.6. The summed E-state index contributed by atoms with van der Waals surface area (Å²) in [4.78, 5) is 24.9. The second kappa shape index (κ2) is 10.1. The topological polar surface area (TPSA) is 80.6 Å². The van der Waals surface area contributed by atoms with Crippen molar-refractivity contribution in [2.24, 2.45) is 0 Å². The van der Waals surface area contributed by atoms with Crippen LogP contribution in [-0.2, 0) is 4.74 Å². The summed E-state index contributed by atoms with van der Waals surface area (Å²) in [5, 5.41) is 5.71. The number of benzene rings is 1. The number of ether oxygens (including phenoxy) is 1. The number of hydrogen-bond acceptors (Lipinski definition) is 4. The molecule has 1 aliphatic carbocycles. The smallest absolute Gasteiger partial charge is 0.291 e. The van der Waals surface area contributed by atoms with E-state index in [1.165, 1.54) is 25.5 Å². The molecule has 6 nitrogen and oxygen atoms in total. The maximum absolute atomic E-state index is 12.6. The Morgan fingerprint density at radius 2 is 1.93 bits per heavy atom. The van der Waals surface area contributed by atoms with Crippen molar-refractivity contribution in [2.75, 3.05) is 18.5 Å². The fourth-order valence-corrected chi connectivity index (χ4v) is 3.46. The van der Waals surface area contributed by atoms with Gasteiger partial charge in [0.05, 0.1) is 23.6 Å². The van der Waals surface area contributed by atoms with Gasteiger partial charge >= 0.3 is 0 Å². The monoisotopic (exact) mass is 384 g/mol. The number of hydrogen-bond donors (Lipinski definition) is 2. The summed E-state index contributed by atoms with van der Waals surface area (Å²) in [6.07, 6.45) is 8.69. The Kier molecular flexibility index (Phi) is 7.25. The second-order valence-corrected chi connectivity index (χ2v) is 7.17. The highest BCUT2D eigenvalue weighted by Crippen LogP contribution is 2.22. The number of aryl methyl sites for hydroxylation is 1. The van der Waals surface area contributed by atoms with Gasteiger partial charge in [-0.1, -0.05) is 31.4 Å². The first-order valence-electron chi connectivity index (χ1n) is 9.99. The first-order valence-corrected chi connectivity index (χ1v) is 9.99. The lowest BCUT2D eigenvalue weighted by molar-refractivity contribution is 0.0273. The highest BCUT2D eigenvalue weighted by atomic mass is 16.5. The summed E-state index contributed by atoms with van der Waals surface area (Å²) < 4.78 is 11.0. The number of furan rings is 1. The summed E-state index contributed by atoms with van der Waals surface area (Å²) in [6.45, 7) is 3.04. The predicted octanol–water partition coefficient (Wildman–Crippen LogP) is 4.31. The van der Waals surface area contributed by atoms with Gasteiger partial charge in [-0.15, -0.1) is 0 Å². The van der Waals surface area contributed by atoms with Gasteiger partial charge in [-0.2, -0.15) is 0 Å². The number of rotatable bonds is 8. The lowest BCUT2D eigenvalue weighted by Gasteiger charge is -2.22. The quantitative estimate of drug-likeness (QED) is 0.665. The summed E-state index contributed by atoms with van der Waals surface area (Å²) in [5.41, 5.74) is 1.75. The van der Waals surface area contributed by atoms with Crippen LogP contribution in [0.3, 0.4) is 0 Å². The fraction of sp³-hybridized carbons (Fsp3) is 0.455. The molecule has 1 aromatic carbocycles. The molecule has 150 valence electrons. The number of para-hydroxylation sites is 1. The van der Waals surface area contributed by atoms with Crippen LogP contribution in [0.2, 0.25) is 0 Å². The van der Waals surface area contributed by atoms with Crippen LogP contribution in [0.15, 0.2) is 41.0 Å². The molecule has 1 aliphatic rings. The average molecular weight is 384 g/mol. The summed E-state index contributed by atoms with van der Waals surface area (Å²) in [6, 6.07) is 8.60. The molecule has 1 saturated carbocycles. The van der Waals surface area contributed by atoms with Gasteiger partial charge in [-0.3, -0.25) is 9.59 Å². The van der Waals surface area contributed by atoms with Gasteiger partial charge in [0.1, 0.15) is 0 Å². The molecule has 1 fully saturated rings. The van der Waals surface area contributed by atoms with Crippen LogP contribution in [0.1, 0.15) is 65.0 Å². The largest absolute Gasteiger partial charge is 0.459 e. The van der Waals surface area contributed by atoms with E-state index in [0.29, 0.717) is 30.5 Å². The first kappa shape index (κ1) is 20.1. The second-order valence-electron chi connectivity index (χ2n) is 7.17. The third kappa shape index (κ3) is 5.45. The minimum absolute atomic E-state index is 0.203. The van der Waals surface area contributed by atoms with Gasteiger partial charge in [0.25, 0.3) is 11.8 Å². The third-order valence-corrected chi connectivity index (χ3v) is 5.01. The van der Waals surface area contributed by atoms with E-state index in [2.05, 4.69) is 10.6 Å². The van der Waals surface area contributed by atoms with Gasteiger partial charge in [0, 0.05) is 13.2 Å². The van der Waals surface area contributed by atoms with Crippen molar-refractivity contribution in [3.63, 3.8) is 0 Å². The van der Waals surface area contributed by atoms with Gasteiger partial charge in [-0.05, 0) is 49.9 Å². The van der Waals surface area contributed by atoms with E-state index >= 15 is 0 Å². The molecule has 0 spiro atoms. The highest BCUT2D eigenvalue weighted by Gasteiger charge is 2.17. The van der Waals surface area contributed by atoms with E-state index < -0.39 is 0 Å². The van der Waals surface area contributed by atoms with Crippen LogP contribution in [0.25, 0.3) is 0 Å². The lowest BCUT2D eigenvalue weighted by Crippen LogP contribution is -2.27. The molecule has 2 aromatic rings. The van der Waals surface area contributed by atoms with Crippen LogP contribution in [-0.4, -0.2) is 31.1 Å². The zero-order valence-corrected chi connectivity index (χ0v) is 16.3. The molecule has 6 heteroatoms. The van der Waals surface area contributed by atoms with E-state index in [-0.39, 0.29) is 17.6 Å². The summed E-state index contributed by atoms with van der Waals surface area (Å²) in [5.74, 6) is -0.389. The molecule has 2 amide bonds. The molecule has 0 atom stereocenters. The molecule has 0 bridgehead atoms. The Morgan fingerprint density at radius 1 is 1.11 bits per heavy atom. The van der Waals surface area contributed by atoms with E-state index in [0.717, 1.165) is 24.8 Å². The maximum atomic E-state index is 12.6. The van der Waals surface area contributed by atoms with Crippen molar-refractivity contribution in [3.8, 4) is 0 Å². The van der Waals surface area contributed by atoms with Crippen LogP contribution in [0.5, 0.6) is 0 Å². The first-order chi connectivity index (χ1) is 13.6. The number of carbonyl (C=O) groups is 2. The Labute approximate surface area is 165 Å². The number of nitrogens with one attached hydrogen (secondary N) is 2. The Hall–Kier alpha value is -2.60. The van der Waals surface area contributed by atoms with Gasteiger partial charge in [0.2, 0.25) is 0 Å². The molecular weight excluding hydrogens is 356 g/mol. The minimum atomic E-state index is -0.380. The van der Waals surface area contributed by atoms with E-state index in [9.17, 15) is 9.59 Å². The third-order valence-electron chi connectivity index (χ3n) is 5.01. The summed E-state index contributed by atoms with van der Waals surface area (Å²) in [7, 11) is 0. The van der Waals surface area contributed by atoms with Crippen LogP contribution in [0, 0.1) is 6.92 Å². The fourth-order valence-electron chi connectivity index (χ4n) is 3.46. The zero-order valence-electron chi connectivity index (χ0n) is 16.3. The molecule has 28 heavy (non-hydrogen) atoms. The standard InChI is InChI=1S/C22H28N2O4/c1-16-8-5-11-18(20(16)24-22(26)19-12-6-14-28-19)21(25)23-13-7-15-27-17-9-3-2-4-10-17/h5-6,8,11-12,14,17H,2-4,7,9-10,13,15H2,1H3,(H,23,25)(H,24,26). The Bertz CT molecular complexity index is 780. The minimum Gasteiger partial charge on any atom is -0.459 e. The van der Waals surface area contributed by atoms with Crippen LogP contribution in [0.4, 0.5) is 5.69 Å². The molecule has 1 heterocycles. The molecular formula is C22H28N2O4. The number of anilines is 1. The van der Waals surface area contributed by atoms with Gasteiger partial charge in [-0.25, -0.2) is 0 Å². The van der Waals surface area contributed by atoms with Crippen molar-refractivity contribution in [1.82, 2.24) is 5.32 Å². The van der Waals surface area contributed by atoms with Crippen molar-refractivity contribution < 1.29 is 18.7 Å². The molecule has 0 aliphatic heterocycles. The van der Waals surface area contributed by atoms with Crippen LogP contribution < -0.4 is 10.6 Å². The molecule has 3 rings (SSSR count). The van der Waals surface area contributed by atoms with E-state index in [1.807, 2.05) is 13.0 Å². The lowest BCUT2D eigenvalue weighted by atomic mass is 9.98. The van der Waals surface area contributed by atoms with Crippen molar-refractivity contribution in [1.29, 1.82) is 0 Å². The van der Waals surface area contributed by atoms with Gasteiger partial charge < -0.3 is 19.8 Å². The molecule has 0 unspecified atom stereocenters. The zero-order chi connectivity index (χ0) is 19.8. The van der Waals surface area contributed by atoms with Gasteiger partial charge in [0.15, 0.2) is 5.76 Å². The van der Waals surface area contributed by atoms with Crippen LogP contribution >= 0.6 is 0 Å². The Balaban J connectivity index is 1.51. The van der Waals surface area contributed by atoms with Crippen molar-refractivity contribution >= 4 is 17.5 Å². The van der Waals surface area contributed by atoms with Crippen molar-refractivity contribution in [2.45, 2.75) is 51.6 Å². The summed E-state index contributed by atoms with van der Waals surface area (Å²) >= 11 is 0. The average Bonchev–Trinajstić information content (AvgIpc) is 3.25. The highest BCUT2D eigenvalue weighted by molar-refractivity contribution is 6.08. The van der Waals surface area contributed by atoms with Crippen molar-refractivity contribution in [3.05, 3.63) is 53.5 Å². The SMILES string of the molecule is Cc1cccc(C(=O)NCCCOC2CCCCC2)c1NC(=O)c1ccco1. The Morgan fingerprint density at radius 3 is 2.68 bits per heavy atom. The molecule has 1 aromatic heterocycles. The molecule has 0 saturated heterocycles.